The molecule has 0 aliphatic carbocycles. The molecule has 1 atom stereocenters. The molecule has 1 aliphatic rings. The Bertz CT molecular complexity index is 1470. The highest BCUT2D eigenvalue weighted by Crippen LogP contribution is 2.46. The standard InChI is InChI=1S/C31H31ClFN3O3/c1-3-4-5-6-15-39-23-13-9-21(10-14-23)30-27-28(24-17-25(32)19(2)16-26(24)37)34-35-29(27)31(38)36(30)18-20-7-11-22(33)12-8-20/h7-14,16-17,30,37H,3-6,15,18H2,1-2H3,(H,34,35). The summed E-state index contributed by atoms with van der Waals surface area (Å²) in [4.78, 5) is 15.4. The van der Waals surface area contributed by atoms with Gasteiger partial charge in [0.15, 0.2) is 0 Å². The van der Waals surface area contributed by atoms with E-state index in [1.807, 2.05) is 31.2 Å². The van der Waals surface area contributed by atoms with Gasteiger partial charge in [-0.15, -0.1) is 0 Å². The first-order valence-corrected chi connectivity index (χ1v) is 13.6. The number of phenolic OH excluding ortho intramolecular Hbond substituents is 1. The first-order chi connectivity index (χ1) is 18.9. The molecule has 2 N–H and O–H groups in total. The summed E-state index contributed by atoms with van der Waals surface area (Å²) >= 11 is 6.40. The zero-order chi connectivity index (χ0) is 27.5. The van der Waals surface area contributed by atoms with E-state index in [0.29, 0.717) is 34.1 Å². The minimum absolute atomic E-state index is 0.0289. The Hall–Kier alpha value is -3.84. The van der Waals surface area contributed by atoms with E-state index in [0.717, 1.165) is 35.3 Å². The zero-order valence-corrected chi connectivity index (χ0v) is 22.8. The van der Waals surface area contributed by atoms with Crippen LogP contribution in [0.4, 0.5) is 4.39 Å². The van der Waals surface area contributed by atoms with Crippen LogP contribution in [0.15, 0.2) is 60.7 Å². The quantitative estimate of drug-likeness (QED) is 0.200. The van der Waals surface area contributed by atoms with E-state index in [4.69, 9.17) is 16.3 Å². The van der Waals surface area contributed by atoms with Crippen LogP contribution in [-0.4, -0.2) is 32.7 Å². The van der Waals surface area contributed by atoms with E-state index < -0.39 is 6.04 Å². The number of H-pyrrole nitrogens is 1. The maximum absolute atomic E-state index is 13.7. The van der Waals surface area contributed by atoms with Gasteiger partial charge in [0.2, 0.25) is 0 Å². The molecule has 1 amide bonds. The summed E-state index contributed by atoms with van der Waals surface area (Å²) < 4.78 is 19.5. The number of nitrogens with zero attached hydrogens (tertiary/aromatic N) is 2. The number of unbranched alkanes of at least 4 members (excludes halogenated alkanes) is 3. The number of phenols is 1. The third-order valence-corrected chi connectivity index (χ3v) is 7.53. The van der Waals surface area contributed by atoms with Crippen LogP contribution in [-0.2, 0) is 6.54 Å². The number of aromatic nitrogens is 2. The van der Waals surface area contributed by atoms with Crippen LogP contribution in [0.1, 0.15) is 71.4 Å². The molecule has 0 saturated carbocycles. The number of fused-ring (bicyclic) bond motifs is 1. The van der Waals surface area contributed by atoms with Crippen LogP contribution < -0.4 is 4.74 Å². The number of carbonyl (C=O) groups excluding carboxylic acids is 1. The molecule has 0 spiro atoms. The van der Waals surface area contributed by atoms with E-state index in [9.17, 15) is 14.3 Å². The summed E-state index contributed by atoms with van der Waals surface area (Å²) in [6, 6.07) is 16.6. The number of ether oxygens (including phenoxy) is 1. The number of hydrogen-bond acceptors (Lipinski definition) is 4. The molecule has 5 rings (SSSR count). The van der Waals surface area contributed by atoms with Gasteiger partial charge >= 0.3 is 0 Å². The molecule has 0 radical (unpaired) electrons. The SMILES string of the molecule is CCCCCCOc1ccc(C2c3c(-c4cc(Cl)c(C)cc4O)n[nH]c3C(=O)N2Cc2ccc(F)cc2)cc1. The first kappa shape index (κ1) is 26.8. The molecule has 0 fully saturated rings. The van der Waals surface area contributed by atoms with Crippen molar-refractivity contribution in [2.24, 2.45) is 0 Å². The van der Waals surface area contributed by atoms with Crippen molar-refractivity contribution in [3.63, 3.8) is 0 Å². The fraction of sp³-hybridized carbons (Fsp3) is 0.290. The van der Waals surface area contributed by atoms with Gasteiger partial charge in [-0.1, -0.05) is 62.1 Å². The van der Waals surface area contributed by atoms with E-state index in [2.05, 4.69) is 17.1 Å². The molecular weight excluding hydrogens is 517 g/mol. The molecule has 0 saturated heterocycles. The largest absolute Gasteiger partial charge is 0.507 e. The average molecular weight is 548 g/mol. The first-order valence-electron chi connectivity index (χ1n) is 13.2. The highest BCUT2D eigenvalue weighted by atomic mass is 35.5. The van der Waals surface area contributed by atoms with Crippen molar-refractivity contribution >= 4 is 17.5 Å². The van der Waals surface area contributed by atoms with Crippen molar-refractivity contribution in [1.29, 1.82) is 0 Å². The Kier molecular flexibility index (Phi) is 7.89. The van der Waals surface area contributed by atoms with Crippen LogP contribution in [0.25, 0.3) is 11.3 Å². The number of aromatic amines is 1. The van der Waals surface area contributed by atoms with Gasteiger partial charge in [0.1, 0.15) is 28.7 Å². The number of halogens is 2. The van der Waals surface area contributed by atoms with Gasteiger partial charge in [0.05, 0.1) is 12.6 Å². The Morgan fingerprint density at radius 3 is 2.54 bits per heavy atom. The summed E-state index contributed by atoms with van der Waals surface area (Å²) in [5.41, 5.74) is 4.30. The molecule has 39 heavy (non-hydrogen) atoms. The van der Waals surface area contributed by atoms with Crippen molar-refractivity contribution in [2.75, 3.05) is 6.61 Å². The van der Waals surface area contributed by atoms with E-state index >= 15 is 0 Å². The van der Waals surface area contributed by atoms with Gasteiger partial charge in [-0.25, -0.2) is 4.39 Å². The smallest absolute Gasteiger partial charge is 0.273 e. The summed E-state index contributed by atoms with van der Waals surface area (Å²) in [6.45, 7) is 4.91. The van der Waals surface area contributed by atoms with Crippen LogP contribution in [0.5, 0.6) is 11.5 Å². The van der Waals surface area contributed by atoms with Crippen LogP contribution in [0.2, 0.25) is 5.02 Å². The fourth-order valence-electron chi connectivity index (χ4n) is 5.02. The number of amides is 1. The van der Waals surface area contributed by atoms with Crippen molar-refractivity contribution < 1.29 is 19.0 Å². The van der Waals surface area contributed by atoms with Gasteiger partial charge in [0, 0.05) is 22.7 Å². The lowest BCUT2D eigenvalue weighted by Crippen LogP contribution is -2.29. The highest BCUT2D eigenvalue weighted by molar-refractivity contribution is 6.31. The predicted molar refractivity (Wildman–Crippen MR) is 150 cm³/mol. The van der Waals surface area contributed by atoms with Crippen LogP contribution >= 0.6 is 11.6 Å². The third kappa shape index (κ3) is 5.50. The minimum Gasteiger partial charge on any atom is -0.507 e. The maximum atomic E-state index is 13.7. The number of aromatic hydroxyl groups is 1. The number of nitrogens with one attached hydrogen (secondary N) is 1. The molecule has 1 aliphatic heterocycles. The molecule has 3 aromatic carbocycles. The molecule has 8 heteroatoms. The van der Waals surface area contributed by atoms with Gasteiger partial charge in [-0.2, -0.15) is 5.10 Å². The van der Waals surface area contributed by atoms with Crippen molar-refractivity contribution in [1.82, 2.24) is 15.1 Å². The second-order valence-corrected chi connectivity index (χ2v) is 10.3. The van der Waals surface area contributed by atoms with Gasteiger partial charge in [0.25, 0.3) is 5.91 Å². The van der Waals surface area contributed by atoms with E-state index in [1.54, 1.807) is 29.2 Å². The molecule has 202 valence electrons. The highest BCUT2D eigenvalue weighted by Gasteiger charge is 2.42. The number of rotatable bonds is 10. The molecule has 1 aromatic heterocycles. The van der Waals surface area contributed by atoms with E-state index in [-0.39, 0.29) is 24.0 Å². The lowest BCUT2D eigenvalue weighted by Gasteiger charge is -2.27. The molecule has 0 bridgehead atoms. The van der Waals surface area contributed by atoms with Gasteiger partial charge in [-0.05, 0) is 66.4 Å². The monoisotopic (exact) mass is 547 g/mol. The Morgan fingerprint density at radius 1 is 1.08 bits per heavy atom. The number of carbonyl (C=O) groups is 1. The van der Waals surface area contributed by atoms with Gasteiger partial charge < -0.3 is 14.7 Å². The molecule has 1 unspecified atom stereocenters. The second kappa shape index (κ2) is 11.5. The zero-order valence-electron chi connectivity index (χ0n) is 22.0. The fourth-order valence-corrected chi connectivity index (χ4v) is 5.18. The Morgan fingerprint density at radius 2 is 1.82 bits per heavy atom. The average Bonchev–Trinajstić information content (AvgIpc) is 3.47. The summed E-state index contributed by atoms with van der Waals surface area (Å²) in [5.74, 6) is 0.227. The third-order valence-electron chi connectivity index (χ3n) is 7.12. The van der Waals surface area contributed by atoms with E-state index in [1.165, 1.54) is 25.0 Å². The number of hydrogen-bond donors (Lipinski definition) is 2. The van der Waals surface area contributed by atoms with Crippen molar-refractivity contribution in [3.8, 4) is 22.8 Å². The number of benzene rings is 3. The maximum Gasteiger partial charge on any atom is 0.273 e. The molecule has 6 nitrogen and oxygen atoms in total. The minimum atomic E-state index is -0.496. The Balaban J connectivity index is 1.52. The topological polar surface area (TPSA) is 78.5 Å². The molecule has 4 aromatic rings. The molecular formula is C31H31ClFN3O3. The summed E-state index contributed by atoms with van der Waals surface area (Å²) in [5, 5.41) is 18.6. The van der Waals surface area contributed by atoms with Crippen LogP contribution in [0, 0.1) is 12.7 Å². The second-order valence-electron chi connectivity index (χ2n) is 9.92. The van der Waals surface area contributed by atoms with Gasteiger partial charge in [-0.3, -0.25) is 9.89 Å². The summed E-state index contributed by atoms with van der Waals surface area (Å²) in [6.07, 6.45) is 4.51. The lowest BCUT2D eigenvalue weighted by molar-refractivity contribution is 0.0730. The molecule has 2 heterocycles. The normalized spacial score (nSPS) is 14.6. The Labute approximate surface area is 232 Å². The lowest BCUT2D eigenvalue weighted by atomic mass is 9.95. The van der Waals surface area contributed by atoms with Crippen LogP contribution in [0.3, 0.4) is 0 Å². The summed E-state index contributed by atoms with van der Waals surface area (Å²) in [7, 11) is 0. The number of aryl methyl sites for hydroxylation is 1. The van der Waals surface area contributed by atoms with Crippen molar-refractivity contribution in [3.05, 3.63) is 99.5 Å². The predicted octanol–water partition coefficient (Wildman–Crippen LogP) is 7.59. The van der Waals surface area contributed by atoms with Crippen molar-refractivity contribution in [2.45, 2.75) is 52.1 Å².